The van der Waals surface area contributed by atoms with E-state index in [1.807, 2.05) is 0 Å². The first-order valence-corrected chi connectivity index (χ1v) is 7.06. The maximum atomic E-state index is 11.3. The van der Waals surface area contributed by atoms with E-state index in [1.165, 1.54) is 17.0 Å². The Morgan fingerprint density at radius 3 is 2.19 bits per heavy atom. The molecule has 1 amide bonds. The van der Waals surface area contributed by atoms with Gasteiger partial charge in [-0.25, -0.2) is 8.42 Å². The Kier molecular flexibility index (Phi) is 3.98. The third-order valence-electron chi connectivity index (χ3n) is 2.16. The van der Waals surface area contributed by atoms with Crippen LogP contribution in [0.1, 0.15) is 0 Å². The summed E-state index contributed by atoms with van der Waals surface area (Å²) in [7, 11) is -1.57. The summed E-state index contributed by atoms with van der Waals surface area (Å²) in [5.41, 5.74) is 0.645. The maximum absolute atomic E-state index is 11.3. The minimum Gasteiger partial charge on any atom is -0.315 e. The van der Waals surface area contributed by atoms with E-state index in [0.717, 1.165) is 6.26 Å². The number of rotatable bonds is 3. The zero-order chi connectivity index (χ0) is 12.3. The minimum absolute atomic E-state index is 0.115. The number of benzene rings is 1. The third-order valence-corrected chi connectivity index (χ3v) is 3.56. The van der Waals surface area contributed by atoms with Crippen LogP contribution in [-0.4, -0.2) is 33.4 Å². The normalized spacial score (nSPS) is 11.2. The zero-order valence-electron chi connectivity index (χ0n) is 9.04. The highest BCUT2D eigenvalue weighted by molar-refractivity contribution is 7.90. The van der Waals surface area contributed by atoms with Crippen LogP contribution in [0.15, 0.2) is 29.2 Å². The van der Waals surface area contributed by atoms with E-state index in [9.17, 15) is 13.2 Å². The van der Waals surface area contributed by atoms with E-state index in [0.29, 0.717) is 5.69 Å². The molecule has 16 heavy (non-hydrogen) atoms. The fraction of sp³-hybridized carbons (Fsp3) is 0.300. The number of thiol groups is 1. The molecule has 0 spiro atoms. The summed E-state index contributed by atoms with van der Waals surface area (Å²) in [6.07, 6.45) is 1.14. The van der Waals surface area contributed by atoms with Crippen molar-refractivity contribution in [1.82, 2.24) is 0 Å². The Balaban J connectivity index is 3.00. The molecular formula is C10H13NO3S2. The number of nitrogens with zero attached hydrogens (tertiary/aromatic N) is 1. The molecule has 0 aliphatic rings. The number of amides is 1. The monoisotopic (exact) mass is 259 g/mol. The molecule has 0 fully saturated rings. The number of anilines is 1. The van der Waals surface area contributed by atoms with Crippen molar-refractivity contribution in [3.63, 3.8) is 0 Å². The first-order chi connectivity index (χ1) is 7.36. The SMILES string of the molecule is CN(C(=O)CS)c1ccc(S(C)(=O)=O)cc1. The second kappa shape index (κ2) is 4.88. The van der Waals surface area contributed by atoms with Gasteiger partial charge in [-0.2, -0.15) is 12.6 Å². The van der Waals surface area contributed by atoms with Crippen molar-refractivity contribution in [2.45, 2.75) is 4.90 Å². The summed E-state index contributed by atoms with van der Waals surface area (Å²) in [6, 6.07) is 6.15. The number of hydrogen-bond acceptors (Lipinski definition) is 4. The van der Waals surface area contributed by atoms with Gasteiger partial charge in [0.1, 0.15) is 0 Å². The molecule has 0 radical (unpaired) electrons. The molecule has 4 nitrogen and oxygen atoms in total. The molecule has 0 aliphatic carbocycles. The largest absolute Gasteiger partial charge is 0.315 e. The lowest BCUT2D eigenvalue weighted by molar-refractivity contribution is -0.115. The first kappa shape index (κ1) is 13.1. The van der Waals surface area contributed by atoms with Crippen molar-refractivity contribution in [3.05, 3.63) is 24.3 Å². The minimum atomic E-state index is -3.19. The van der Waals surface area contributed by atoms with Gasteiger partial charge in [0.05, 0.1) is 10.6 Å². The Labute approximate surface area is 101 Å². The highest BCUT2D eigenvalue weighted by Crippen LogP contribution is 2.17. The lowest BCUT2D eigenvalue weighted by atomic mass is 10.3. The van der Waals surface area contributed by atoms with Crippen molar-refractivity contribution < 1.29 is 13.2 Å². The summed E-state index contributed by atoms with van der Waals surface area (Å²) >= 11 is 3.88. The fourth-order valence-corrected chi connectivity index (χ4v) is 2.01. The molecular weight excluding hydrogens is 246 g/mol. The van der Waals surface area contributed by atoms with E-state index >= 15 is 0 Å². The van der Waals surface area contributed by atoms with Crippen LogP contribution in [0.25, 0.3) is 0 Å². The average Bonchev–Trinajstić information content (AvgIpc) is 2.26. The van der Waals surface area contributed by atoms with Gasteiger partial charge >= 0.3 is 0 Å². The molecule has 1 aromatic rings. The van der Waals surface area contributed by atoms with Crippen LogP contribution in [0.2, 0.25) is 0 Å². The lowest BCUT2D eigenvalue weighted by Gasteiger charge is -2.16. The average molecular weight is 259 g/mol. The lowest BCUT2D eigenvalue weighted by Crippen LogP contribution is -2.27. The standard InChI is InChI=1S/C10H13NO3S2/c1-11(10(12)7-15)8-3-5-9(6-4-8)16(2,13)14/h3-6,15H,7H2,1-2H3. The predicted molar refractivity (Wildman–Crippen MR) is 66.8 cm³/mol. The Bertz CT molecular complexity index is 479. The van der Waals surface area contributed by atoms with Gasteiger partial charge < -0.3 is 4.90 Å². The van der Waals surface area contributed by atoms with Crippen LogP contribution in [0.3, 0.4) is 0 Å². The summed E-state index contributed by atoms with van der Waals surface area (Å²) in [6.45, 7) is 0. The molecule has 6 heteroatoms. The van der Waals surface area contributed by atoms with Gasteiger partial charge in [0.15, 0.2) is 9.84 Å². The Morgan fingerprint density at radius 2 is 1.81 bits per heavy atom. The number of sulfone groups is 1. The van der Waals surface area contributed by atoms with Crippen LogP contribution in [-0.2, 0) is 14.6 Å². The molecule has 0 saturated carbocycles. The highest BCUT2D eigenvalue weighted by Gasteiger charge is 2.11. The third kappa shape index (κ3) is 2.99. The van der Waals surface area contributed by atoms with Gasteiger partial charge in [-0.15, -0.1) is 0 Å². The molecule has 0 saturated heterocycles. The van der Waals surface area contributed by atoms with Gasteiger partial charge in [0.2, 0.25) is 5.91 Å². The molecule has 0 aliphatic heterocycles. The van der Waals surface area contributed by atoms with Crippen LogP contribution in [0.4, 0.5) is 5.69 Å². The van der Waals surface area contributed by atoms with Crippen LogP contribution in [0, 0.1) is 0 Å². The van der Waals surface area contributed by atoms with E-state index in [4.69, 9.17) is 0 Å². The van der Waals surface area contributed by atoms with Crippen molar-refractivity contribution in [2.75, 3.05) is 24.0 Å². The van der Waals surface area contributed by atoms with E-state index in [-0.39, 0.29) is 16.6 Å². The quantitative estimate of drug-likeness (QED) is 0.823. The molecule has 0 unspecified atom stereocenters. The van der Waals surface area contributed by atoms with Gasteiger partial charge in [-0.1, -0.05) is 0 Å². The first-order valence-electron chi connectivity index (χ1n) is 4.54. The second-order valence-corrected chi connectivity index (χ2v) is 5.71. The summed E-state index contributed by atoms with van der Waals surface area (Å²) < 4.78 is 22.4. The summed E-state index contributed by atoms with van der Waals surface area (Å²) in [4.78, 5) is 13.0. The molecule has 0 heterocycles. The van der Waals surface area contributed by atoms with Crippen molar-refractivity contribution in [2.24, 2.45) is 0 Å². The zero-order valence-corrected chi connectivity index (χ0v) is 10.8. The van der Waals surface area contributed by atoms with Crippen LogP contribution < -0.4 is 4.90 Å². The molecule has 0 aromatic heterocycles. The molecule has 1 rings (SSSR count). The van der Waals surface area contributed by atoms with Gasteiger partial charge in [-0.3, -0.25) is 4.79 Å². The maximum Gasteiger partial charge on any atom is 0.236 e. The Hall–Kier alpha value is -1.01. The van der Waals surface area contributed by atoms with E-state index in [2.05, 4.69) is 12.6 Å². The topological polar surface area (TPSA) is 54.5 Å². The van der Waals surface area contributed by atoms with Crippen LogP contribution >= 0.6 is 12.6 Å². The smallest absolute Gasteiger partial charge is 0.236 e. The van der Waals surface area contributed by atoms with E-state index in [1.54, 1.807) is 19.2 Å². The fourth-order valence-electron chi connectivity index (χ4n) is 1.17. The van der Waals surface area contributed by atoms with Gasteiger partial charge in [0.25, 0.3) is 0 Å². The Morgan fingerprint density at radius 1 is 1.31 bits per heavy atom. The molecule has 1 aromatic carbocycles. The van der Waals surface area contributed by atoms with Crippen molar-refractivity contribution >= 4 is 34.1 Å². The number of carbonyl (C=O) groups excluding carboxylic acids is 1. The second-order valence-electron chi connectivity index (χ2n) is 3.38. The molecule has 0 atom stereocenters. The van der Waals surface area contributed by atoms with Gasteiger partial charge in [0, 0.05) is 19.0 Å². The van der Waals surface area contributed by atoms with Gasteiger partial charge in [-0.05, 0) is 24.3 Å². The molecule has 0 N–H and O–H groups in total. The van der Waals surface area contributed by atoms with E-state index < -0.39 is 9.84 Å². The highest BCUT2D eigenvalue weighted by atomic mass is 32.2. The number of carbonyl (C=O) groups is 1. The van der Waals surface area contributed by atoms with Crippen molar-refractivity contribution in [3.8, 4) is 0 Å². The molecule has 88 valence electrons. The van der Waals surface area contributed by atoms with Crippen molar-refractivity contribution in [1.29, 1.82) is 0 Å². The summed E-state index contributed by atoms with van der Waals surface area (Å²) in [5, 5.41) is 0. The number of hydrogen-bond donors (Lipinski definition) is 1. The summed E-state index contributed by atoms with van der Waals surface area (Å²) in [5.74, 6) is -0.0277. The molecule has 0 bridgehead atoms. The predicted octanol–water partition coefficient (Wildman–Crippen LogP) is 0.983. The van der Waals surface area contributed by atoms with Crippen LogP contribution in [0.5, 0.6) is 0 Å².